The Morgan fingerprint density at radius 3 is 2.46 bits per heavy atom. The molecule has 0 aliphatic carbocycles. The Labute approximate surface area is 169 Å². The average molecular weight is 393 g/mol. The molecule has 1 aliphatic rings. The molecule has 3 aromatic rings. The van der Waals surface area contributed by atoms with E-state index in [-0.39, 0.29) is 5.91 Å². The van der Waals surface area contributed by atoms with Crippen molar-refractivity contribution in [3.8, 4) is 11.4 Å². The molecule has 0 atom stereocenters. The number of nitrogens with zero attached hydrogens (tertiary/aromatic N) is 4. The zero-order valence-corrected chi connectivity index (χ0v) is 17.1. The monoisotopic (exact) mass is 392 g/mol. The van der Waals surface area contributed by atoms with E-state index in [0.29, 0.717) is 0 Å². The van der Waals surface area contributed by atoms with Crippen LogP contribution in [0.5, 0.6) is 0 Å². The molecule has 1 fully saturated rings. The second-order valence-corrected chi connectivity index (χ2v) is 8.11. The number of aryl methyl sites for hydroxylation is 1. The zero-order valence-electron chi connectivity index (χ0n) is 16.3. The number of thioether (sulfide) groups is 1. The van der Waals surface area contributed by atoms with Crippen LogP contribution < -0.4 is 0 Å². The minimum atomic E-state index is 0.146. The summed E-state index contributed by atoms with van der Waals surface area (Å²) in [5, 5.41) is 9.63. The zero-order chi connectivity index (χ0) is 19.5. The summed E-state index contributed by atoms with van der Waals surface area (Å²) in [4.78, 5) is 14.4. The summed E-state index contributed by atoms with van der Waals surface area (Å²) in [5.74, 6) is 1.82. The number of rotatable bonds is 5. The van der Waals surface area contributed by atoms with Gasteiger partial charge in [-0.15, -0.1) is 10.2 Å². The molecule has 144 valence electrons. The maximum Gasteiger partial charge on any atom is 0.253 e. The molecule has 2 heterocycles. The smallest absolute Gasteiger partial charge is 0.253 e. The third-order valence-corrected chi connectivity index (χ3v) is 6.27. The highest BCUT2D eigenvalue weighted by molar-refractivity contribution is 7.98. The van der Waals surface area contributed by atoms with Crippen molar-refractivity contribution in [1.29, 1.82) is 0 Å². The molecular weight excluding hydrogens is 368 g/mol. The molecule has 0 radical (unpaired) electrons. The van der Waals surface area contributed by atoms with Crippen LogP contribution in [0.4, 0.5) is 0 Å². The topological polar surface area (TPSA) is 51.0 Å². The Hall–Kier alpha value is -2.60. The van der Waals surface area contributed by atoms with Gasteiger partial charge in [0.15, 0.2) is 11.0 Å². The van der Waals surface area contributed by atoms with E-state index >= 15 is 0 Å². The van der Waals surface area contributed by atoms with E-state index in [1.807, 2.05) is 52.9 Å². The number of amides is 1. The van der Waals surface area contributed by atoms with Gasteiger partial charge in [-0.05, 0) is 43.0 Å². The summed E-state index contributed by atoms with van der Waals surface area (Å²) in [5.41, 5.74) is 4.24. The van der Waals surface area contributed by atoms with Crippen LogP contribution >= 0.6 is 11.8 Å². The van der Waals surface area contributed by atoms with Gasteiger partial charge in [-0.3, -0.25) is 4.79 Å². The highest BCUT2D eigenvalue weighted by atomic mass is 32.2. The molecule has 1 saturated heterocycles. The first-order valence-electron chi connectivity index (χ1n) is 9.60. The van der Waals surface area contributed by atoms with Gasteiger partial charge in [0.1, 0.15) is 0 Å². The largest absolute Gasteiger partial charge is 0.339 e. The minimum absolute atomic E-state index is 0.146. The summed E-state index contributed by atoms with van der Waals surface area (Å²) in [6.45, 7) is 3.85. The molecule has 0 N–H and O–H groups in total. The van der Waals surface area contributed by atoms with Crippen LogP contribution in [0, 0.1) is 6.92 Å². The maximum absolute atomic E-state index is 12.4. The number of benzene rings is 2. The van der Waals surface area contributed by atoms with Crippen LogP contribution in [0.1, 0.15) is 34.3 Å². The van der Waals surface area contributed by atoms with Crippen molar-refractivity contribution >= 4 is 17.7 Å². The van der Waals surface area contributed by atoms with E-state index in [9.17, 15) is 4.79 Å². The molecule has 1 aromatic heterocycles. The molecule has 4 rings (SSSR count). The Morgan fingerprint density at radius 1 is 1.04 bits per heavy atom. The molecule has 1 aliphatic heterocycles. The summed E-state index contributed by atoms with van der Waals surface area (Å²) < 4.78 is 2.04. The lowest BCUT2D eigenvalue weighted by Crippen LogP contribution is -2.27. The van der Waals surface area contributed by atoms with Crippen LogP contribution in [-0.4, -0.2) is 38.7 Å². The first kappa shape index (κ1) is 18.7. The van der Waals surface area contributed by atoms with E-state index in [2.05, 4.69) is 29.3 Å². The van der Waals surface area contributed by atoms with Gasteiger partial charge >= 0.3 is 0 Å². The van der Waals surface area contributed by atoms with E-state index in [1.165, 1.54) is 11.1 Å². The van der Waals surface area contributed by atoms with Gasteiger partial charge in [0.2, 0.25) is 0 Å². The Morgan fingerprint density at radius 2 is 1.75 bits per heavy atom. The van der Waals surface area contributed by atoms with Gasteiger partial charge in [0, 0.05) is 37.0 Å². The molecule has 0 bridgehead atoms. The second-order valence-electron chi connectivity index (χ2n) is 7.17. The molecule has 6 heteroatoms. The molecular formula is C22H24N4OS. The third-order valence-electron chi connectivity index (χ3n) is 5.18. The lowest BCUT2D eigenvalue weighted by Gasteiger charge is -2.15. The molecule has 2 aromatic carbocycles. The predicted octanol–water partition coefficient (Wildman–Crippen LogP) is 4.32. The predicted molar refractivity (Wildman–Crippen MR) is 112 cm³/mol. The van der Waals surface area contributed by atoms with Crippen molar-refractivity contribution < 1.29 is 4.79 Å². The Kier molecular flexibility index (Phi) is 5.48. The normalized spacial score (nSPS) is 13.9. The highest BCUT2D eigenvalue weighted by Crippen LogP contribution is 2.27. The number of aromatic nitrogens is 3. The molecule has 0 saturated carbocycles. The van der Waals surface area contributed by atoms with Crippen LogP contribution in [0.3, 0.4) is 0 Å². The first-order chi connectivity index (χ1) is 13.6. The van der Waals surface area contributed by atoms with Crippen LogP contribution in [-0.2, 0) is 12.8 Å². The fourth-order valence-electron chi connectivity index (χ4n) is 3.49. The molecule has 0 unspecified atom stereocenters. The van der Waals surface area contributed by atoms with Gasteiger partial charge in [-0.2, -0.15) is 0 Å². The number of carbonyl (C=O) groups is 1. The van der Waals surface area contributed by atoms with E-state index < -0.39 is 0 Å². The summed E-state index contributed by atoms with van der Waals surface area (Å²) in [6.07, 6.45) is 2.23. The van der Waals surface area contributed by atoms with E-state index in [1.54, 1.807) is 11.8 Å². The van der Waals surface area contributed by atoms with Gasteiger partial charge in [0.25, 0.3) is 5.91 Å². The molecule has 0 spiro atoms. The van der Waals surface area contributed by atoms with Gasteiger partial charge in [0.05, 0.1) is 0 Å². The van der Waals surface area contributed by atoms with Crippen molar-refractivity contribution in [2.75, 3.05) is 13.1 Å². The Bertz CT molecular complexity index is 974. The molecule has 5 nitrogen and oxygen atoms in total. The van der Waals surface area contributed by atoms with Gasteiger partial charge in [-0.25, -0.2) is 0 Å². The molecule has 1 amide bonds. The van der Waals surface area contributed by atoms with Gasteiger partial charge < -0.3 is 9.47 Å². The van der Waals surface area contributed by atoms with Crippen molar-refractivity contribution in [2.24, 2.45) is 7.05 Å². The van der Waals surface area contributed by atoms with Crippen LogP contribution in [0.25, 0.3) is 11.4 Å². The maximum atomic E-state index is 12.4. The number of likely N-dealkylation sites (tertiary alicyclic amines) is 1. The lowest BCUT2D eigenvalue weighted by atomic mass is 10.1. The highest BCUT2D eigenvalue weighted by Gasteiger charge is 2.19. The second kappa shape index (κ2) is 8.19. The minimum Gasteiger partial charge on any atom is -0.339 e. The third kappa shape index (κ3) is 3.83. The van der Waals surface area contributed by atoms with Crippen molar-refractivity contribution in [3.05, 3.63) is 65.2 Å². The Balaban J connectivity index is 1.42. The van der Waals surface area contributed by atoms with Crippen LogP contribution in [0.2, 0.25) is 0 Å². The number of hydrogen-bond acceptors (Lipinski definition) is 4. The quantitative estimate of drug-likeness (QED) is 0.607. The SMILES string of the molecule is Cc1ccccc1-c1nnc(SCc2ccc(C(=O)N3CCCC3)cc2)n1C. The number of carbonyl (C=O) groups excluding carboxylic acids is 1. The standard InChI is InChI=1S/C22H24N4OS/c1-16-7-3-4-8-19(16)20-23-24-22(25(20)2)28-15-17-9-11-18(12-10-17)21(27)26-13-5-6-14-26/h3-4,7-12H,5-6,13-15H2,1-2H3. The first-order valence-corrected chi connectivity index (χ1v) is 10.6. The van der Waals surface area contributed by atoms with Crippen molar-refractivity contribution in [2.45, 2.75) is 30.7 Å². The van der Waals surface area contributed by atoms with Gasteiger partial charge in [-0.1, -0.05) is 48.2 Å². The van der Waals surface area contributed by atoms with E-state index in [4.69, 9.17) is 0 Å². The fraction of sp³-hybridized carbons (Fsp3) is 0.318. The summed E-state index contributed by atoms with van der Waals surface area (Å²) in [7, 11) is 2.00. The summed E-state index contributed by atoms with van der Waals surface area (Å²) in [6, 6.07) is 16.2. The number of hydrogen-bond donors (Lipinski definition) is 0. The lowest BCUT2D eigenvalue weighted by molar-refractivity contribution is 0.0793. The van der Waals surface area contributed by atoms with E-state index in [0.717, 1.165) is 53.8 Å². The fourth-order valence-corrected chi connectivity index (χ4v) is 4.36. The molecule has 28 heavy (non-hydrogen) atoms. The summed E-state index contributed by atoms with van der Waals surface area (Å²) >= 11 is 1.66. The van der Waals surface area contributed by atoms with Crippen molar-refractivity contribution in [1.82, 2.24) is 19.7 Å². The average Bonchev–Trinajstić information content (AvgIpc) is 3.37. The van der Waals surface area contributed by atoms with Crippen LogP contribution in [0.15, 0.2) is 53.7 Å². The van der Waals surface area contributed by atoms with Crippen molar-refractivity contribution in [3.63, 3.8) is 0 Å².